The van der Waals surface area contributed by atoms with Crippen molar-refractivity contribution in [3.63, 3.8) is 0 Å². The molecule has 0 aliphatic carbocycles. The normalized spacial score (nSPS) is 12.3. The van der Waals surface area contributed by atoms with Gasteiger partial charge in [-0.3, -0.25) is 4.79 Å². The summed E-state index contributed by atoms with van der Waals surface area (Å²) in [7, 11) is 4.02. The van der Waals surface area contributed by atoms with Crippen molar-refractivity contribution in [2.45, 2.75) is 26.8 Å². The van der Waals surface area contributed by atoms with Crippen molar-refractivity contribution in [1.82, 2.24) is 14.9 Å². The first-order chi connectivity index (χ1) is 11.3. The Balaban J connectivity index is 2.46. The van der Waals surface area contributed by atoms with E-state index in [1.54, 1.807) is 17.3 Å². The largest absolute Gasteiger partial charge is 0.305 e. The Morgan fingerprint density at radius 2 is 1.71 bits per heavy atom. The Morgan fingerprint density at radius 1 is 1.17 bits per heavy atom. The Labute approximate surface area is 151 Å². The number of rotatable bonds is 5. The number of anilines is 1. The molecule has 2 rings (SSSR count). The van der Waals surface area contributed by atoms with Gasteiger partial charge >= 0.3 is 0 Å². The van der Waals surface area contributed by atoms with Crippen molar-refractivity contribution < 1.29 is 4.79 Å². The molecule has 0 bridgehead atoms. The number of hydrogen-bond donors (Lipinski definition) is 0. The van der Waals surface area contributed by atoms with Crippen molar-refractivity contribution >= 4 is 27.5 Å². The maximum Gasteiger partial charge on any atom is 0.296 e. The van der Waals surface area contributed by atoms with Gasteiger partial charge in [-0.15, -0.1) is 0 Å². The molecule has 0 saturated carbocycles. The minimum atomic E-state index is -0.186. The van der Waals surface area contributed by atoms with Crippen LogP contribution in [0.2, 0.25) is 0 Å². The highest BCUT2D eigenvalue weighted by atomic mass is 79.9. The SMILES string of the molecule is Cc1cccc(C)c1N(CC(C)N(C)C)C(=O)c1ncc(Br)cn1. The van der Waals surface area contributed by atoms with Crippen LogP contribution in [0.4, 0.5) is 5.69 Å². The van der Waals surface area contributed by atoms with Crippen LogP contribution in [-0.4, -0.2) is 47.5 Å². The molecule has 1 heterocycles. The lowest BCUT2D eigenvalue weighted by Crippen LogP contribution is -2.43. The second kappa shape index (κ2) is 7.85. The zero-order valence-corrected chi connectivity index (χ0v) is 16.3. The van der Waals surface area contributed by atoms with Crippen LogP contribution in [0.3, 0.4) is 0 Å². The molecule has 1 aromatic carbocycles. The maximum absolute atomic E-state index is 13.1. The molecule has 0 radical (unpaired) electrons. The number of likely N-dealkylation sites (N-methyl/N-ethyl adjacent to an activating group) is 1. The molecule has 0 aliphatic heterocycles. The molecule has 128 valence electrons. The van der Waals surface area contributed by atoms with Crippen molar-refractivity contribution in [3.8, 4) is 0 Å². The van der Waals surface area contributed by atoms with Gasteiger partial charge in [-0.05, 0) is 61.9 Å². The van der Waals surface area contributed by atoms with Crippen molar-refractivity contribution in [2.75, 3.05) is 25.5 Å². The number of benzene rings is 1. The second-order valence-electron chi connectivity index (χ2n) is 6.19. The molecule has 1 atom stereocenters. The number of amides is 1. The number of para-hydroxylation sites is 1. The van der Waals surface area contributed by atoms with Crippen LogP contribution in [0.1, 0.15) is 28.7 Å². The summed E-state index contributed by atoms with van der Waals surface area (Å²) in [4.78, 5) is 25.3. The van der Waals surface area contributed by atoms with Gasteiger partial charge < -0.3 is 9.80 Å². The summed E-state index contributed by atoms with van der Waals surface area (Å²) in [6, 6.07) is 6.24. The number of halogens is 1. The lowest BCUT2D eigenvalue weighted by Gasteiger charge is -2.31. The van der Waals surface area contributed by atoms with Crippen molar-refractivity contribution in [1.29, 1.82) is 0 Å². The molecule has 6 heteroatoms. The van der Waals surface area contributed by atoms with E-state index >= 15 is 0 Å². The Hall–Kier alpha value is -1.79. The Morgan fingerprint density at radius 3 is 2.21 bits per heavy atom. The number of aromatic nitrogens is 2. The minimum Gasteiger partial charge on any atom is -0.305 e. The summed E-state index contributed by atoms with van der Waals surface area (Å²) in [5, 5.41) is 0. The van der Waals surface area contributed by atoms with Gasteiger partial charge in [-0.1, -0.05) is 18.2 Å². The van der Waals surface area contributed by atoms with Crippen LogP contribution < -0.4 is 4.90 Å². The van der Waals surface area contributed by atoms with E-state index in [0.717, 1.165) is 21.3 Å². The maximum atomic E-state index is 13.1. The van der Waals surface area contributed by atoms with Gasteiger partial charge in [0.15, 0.2) is 0 Å². The lowest BCUT2D eigenvalue weighted by atomic mass is 10.1. The van der Waals surface area contributed by atoms with Gasteiger partial charge in [0.25, 0.3) is 5.91 Å². The molecule has 1 aromatic heterocycles. The Bertz CT molecular complexity index is 695. The predicted octanol–water partition coefficient (Wildman–Crippen LogP) is 3.45. The topological polar surface area (TPSA) is 49.3 Å². The van der Waals surface area contributed by atoms with Crippen LogP contribution in [-0.2, 0) is 0 Å². The van der Waals surface area contributed by atoms with E-state index in [4.69, 9.17) is 0 Å². The van der Waals surface area contributed by atoms with E-state index < -0.39 is 0 Å². The number of carbonyl (C=O) groups excluding carboxylic acids is 1. The number of nitrogens with zero attached hydrogens (tertiary/aromatic N) is 4. The third kappa shape index (κ3) is 4.19. The average molecular weight is 391 g/mol. The number of hydrogen-bond acceptors (Lipinski definition) is 4. The van der Waals surface area contributed by atoms with E-state index in [9.17, 15) is 4.79 Å². The summed E-state index contributed by atoms with van der Waals surface area (Å²) in [5.41, 5.74) is 3.06. The number of carbonyl (C=O) groups is 1. The predicted molar refractivity (Wildman–Crippen MR) is 100 cm³/mol. The molecular weight excluding hydrogens is 368 g/mol. The fraction of sp³-hybridized carbons (Fsp3) is 0.389. The molecule has 24 heavy (non-hydrogen) atoms. The molecule has 2 aromatic rings. The molecule has 5 nitrogen and oxygen atoms in total. The first kappa shape index (κ1) is 18.5. The van der Waals surface area contributed by atoms with E-state index in [-0.39, 0.29) is 17.8 Å². The minimum absolute atomic E-state index is 0.186. The van der Waals surface area contributed by atoms with E-state index in [0.29, 0.717) is 6.54 Å². The summed E-state index contributed by atoms with van der Waals surface area (Å²) >= 11 is 3.30. The van der Waals surface area contributed by atoms with Crippen LogP contribution in [0.15, 0.2) is 35.1 Å². The summed E-state index contributed by atoms with van der Waals surface area (Å²) in [6.45, 7) is 6.70. The number of aryl methyl sites for hydroxylation is 2. The van der Waals surface area contributed by atoms with Crippen molar-refractivity contribution in [3.05, 3.63) is 52.0 Å². The van der Waals surface area contributed by atoms with E-state index in [1.165, 1.54) is 0 Å². The smallest absolute Gasteiger partial charge is 0.296 e. The molecule has 1 amide bonds. The van der Waals surface area contributed by atoms with Crippen LogP contribution in [0, 0.1) is 13.8 Å². The average Bonchev–Trinajstić information content (AvgIpc) is 2.53. The quantitative estimate of drug-likeness (QED) is 0.784. The van der Waals surface area contributed by atoms with Crippen LogP contribution in [0.25, 0.3) is 0 Å². The molecule has 0 spiro atoms. The first-order valence-corrected chi connectivity index (χ1v) is 8.62. The summed E-state index contributed by atoms with van der Waals surface area (Å²) in [5.74, 6) is 0.0143. The summed E-state index contributed by atoms with van der Waals surface area (Å²) < 4.78 is 0.749. The monoisotopic (exact) mass is 390 g/mol. The summed E-state index contributed by atoms with van der Waals surface area (Å²) in [6.07, 6.45) is 3.19. The highest BCUT2D eigenvalue weighted by molar-refractivity contribution is 9.10. The van der Waals surface area contributed by atoms with Gasteiger partial charge in [-0.25, -0.2) is 9.97 Å². The highest BCUT2D eigenvalue weighted by Gasteiger charge is 2.25. The van der Waals surface area contributed by atoms with Crippen molar-refractivity contribution in [2.24, 2.45) is 0 Å². The Kier molecular flexibility index (Phi) is 6.07. The van der Waals surface area contributed by atoms with Gasteiger partial charge in [0.1, 0.15) is 0 Å². The van der Waals surface area contributed by atoms with E-state index in [2.05, 4.69) is 37.7 Å². The first-order valence-electron chi connectivity index (χ1n) is 7.83. The highest BCUT2D eigenvalue weighted by Crippen LogP contribution is 2.26. The molecule has 1 unspecified atom stereocenters. The third-order valence-electron chi connectivity index (χ3n) is 4.09. The molecular formula is C18H23BrN4O. The molecule has 0 fully saturated rings. The van der Waals surface area contributed by atoms with E-state index in [1.807, 2.05) is 46.1 Å². The lowest BCUT2D eigenvalue weighted by molar-refractivity contribution is 0.0970. The fourth-order valence-corrected chi connectivity index (χ4v) is 2.68. The standard InChI is InChI=1S/C18H23BrN4O/c1-12-7-6-8-13(2)16(12)23(11-14(3)22(4)5)18(24)17-20-9-15(19)10-21-17/h6-10,14H,11H2,1-5H3. The molecule has 0 N–H and O–H groups in total. The van der Waals surface area contributed by atoms with Crippen LogP contribution >= 0.6 is 15.9 Å². The van der Waals surface area contributed by atoms with Gasteiger partial charge in [-0.2, -0.15) is 0 Å². The third-order valence-corrected chi connectivity index (χ3v) is 4.50. The fourth-order valence-electron chi connectivity index (χ4n) is 2.48. The van der Waals surface area contributed by atoms with Gasteiger partial charge in [0.05, 0.1) is 4.47 Å². The zero-order valence-electron chi connectivity index (χ0n) is 14.7. The zero-order chi connectivity index (χ0) is 17.9. The van der Waals surface area contributed by atoms with Gasteiger partial charge in [0, 0.05) is 30.7 Å². The molecule has 0 saturated heterocycles. The second-order valence-corrected chi connectivity index (χ2v) is 7.11. The molecule has 0 aliphatic rings. The van der Waals surface area contributed by atoms with Gasteiger partial charge in [0.2, 0.25) is 5.82 Å². The van der Waals surface area contributed by atoms with Crippen LogP contribution in [0.5, 0.6) is 0 Å².